The highest BCUT2D eigenvalue weighted by Gasteiger charge is 2.39. The molecule has 0 saturated carbocycles. The minimum absolute atomic E-state index is 0.00288. The topological polar surface area (TPSA) is 232 Å². The number of phosphoric acid groups is 2. The number of aliphatic hydroxyl groups excluding tert-OH is 1. The van der Waals surface area contributed by atoms with Crippen molar-refractivity contribution in [1.29, 1.82) is 0 Å². The third-order valence-electron chi connectivity index (χ3n) is 3.58. The number of imidazole rings is 1. The maximum Gasteiger partial charge on any atom is 0.481 e. The molecular formula is C10H15N5O10P2. The van der Waals surface area contributed by atoms with Gasteiger partial charge >= 0.3 is 15.6 Å². The number of hydrogen-bond donors (Lipinski definition) is 6. The maximum absolute atomic E-state index is 11.8. The molecule has 1 fully saturated rings. The van der Waals surface area contributed by atoms with Crippen molar-refractivity contribution in [2.24, 2.45) is 0 Å². The molecule has 4 atom stereocenters. The molecule has 0 spiro atoms. The van der Waals surface area contributed by atoms with Crippen molar-refractivity contribution in [2.45, 2.75) is 24.9 Å². The number of nitrogens with two attached hydrogens (primary N) is 1. The van der Waals surface area contributed by atoms with E-state index in [1.807, 2.05) is 0 Å². The van der Waals surface area contributed by atoms with E-state index in [0.29, 0.717) is 0 Å². The van der Waals surface area contributed by atoms with Gasteiger partial charge in [0.2, 0.25) is 5.95 Å². The first-order valence-electron chi connectivity index (χ1n) is 7.25. The van der Waals surface area contributed by atoms with Crippen molar-refractivity contribution < 1.29 is 42.5 Å². The highest BCUT2D eigenvalue weighted by molar-refractivity contribution is 7.60. The summed E-state index contributed by atoms with van der Waals surface area (Å²) in [4.78, 5) is 48.3. The van der Waals surface area contributed by atoms with Crippen LogP contribution in [0.25, 0.3) is 11.2 Å². The van der Waals surface area contributed by atoms with Crippen molar-refractivity contribution in [1.82, 2.24) is 19.5 Å². The molecular weight excluding hydrogens is 412 g/mol. The number of hydrogen-bond acceptors (Lipinski definition) is 10. The molecule has 0 aliphatic carbocycles. The highest BCUT2D eigenvalue weighted by atomic mass is 31.3. The van der Waals surface area contributed by atoms with E-state index < -0.39 is 46.2 Å². The van der Waals surface area contributed by atoms with Gasteiger partial charge in [-0.25, -0.2) is 14.1 Å². The average molecular weight is 427 g/mol. The van der Waals surface area contributed by atoms with Crippen molar-refractivity contribution in [3.8, 4) is 0 Å². The van der Waals surface area contributed by atoms with Crippen LogP contribution in [0.5, 0.6) is 0 Å². The number of aromatic nitrogens is 4. The van der Waals surface area contributed by atoms with Gasteiger partial charge in [0.05, 0.1) is 19.0 Å². The number of aliphatic hydroxyl groups is 1. The summed E-state index contributed by atoms with van der Waals surface area (Å²) in [5.74, 6) is -0.150. The quantitative estimate of drug-likeness (QED) is 0.291. The summed E-state index contributed by atoms with van der Waals surface area (Å²) in [5.41, 5.74) is 5.03. The van der Waals surface area contributed by atoms with Crippen molar-refractivity contribution in [3.05, 3.63) is 16.7 Å². The molecule has 1 aliphatic heterocycles. The lowest BCUT2D eigenvalue weighted by molar-refractivity contribution is -0.0423. The molecule has 150 valence electrons. The summed E-state index contributed by atoms with van der Waals surface area (Å²) in [7, 11) is -10.3. The predicted molar refractivity (Wildman–Crippen MR) is 86.0 cm³/mol. The lowest BCUT2D eigenvalue weighted by atomic mass is 10.2. The van der Waals surface area contributed by atoms with Crippen LogP contribution in [0.1, 0.15) is 12.6 Å². The van der Waals surface area contributed by atoms with Gasteiger partial charge in [-0.3, -0.25) is 18.9 Å². The van der Waals surface area contributed by atoms with E-state index in [2.05, 4.69) is 23.8 Å². The zero-order valence-electron chi connectivity index (χ0n) is 13.3. The fourth-order valence-corrected chi connectivity index (χ4v) is 4.11. The number of nitrogens with zero attached hydrogens (tertiary/aromatic N) is 3. The van der Waals surface area contributed by atoms with E-state index in [9.17, 15) is 23.9 Å². The first-order valence-corrected chi connectivity index (χ1v) is 10.3. The predicted octanol–water partition coefficient (Wildman–Crippen LogP) is -1.42. The lowest BCUT2D eigenvalue weighted by Crippen LogP contribution is -2.26. The minimum Gasteiger partial charge on any atom is -0.390 e. The van der Waals surface area contributed by atoms with Crippen LogP contribution >= 0.6 is 15.6 Å². The summed E-state index contributed by atoms with van der Waals surface area (Å²) in [6, 6.07) is 0. The standard InChI is InChI=1S/C10H15N5O10P2/c11-10-13-8-7(9(17)14-10)12-3-15(8)6-1-4(16)5(24-6)2-23-27(21,22)25-26(18,19)20/h3-6,16H,1-2H2,(H,21,22)(H2,18,19,20)(H3,11,13,14,17)/t4-,5-,6+/m0/s1. The van der Waals surface area contributed by atoms with Crippen LogP contribution in [0.4, 0.5) is 5.95 Å². The van der Waals surface area contributed by atoms with Crippen LogP contribution in [0.3, 0.4) is 0 Å². The first-order chi connectivity index (χ1) is 12.5. The third kappa shape index (κ3) is 4.60. The average Bonchev–Trinajstić information content (AvgIpc) is 3.06. The van der Waals surface area contributed by atoms with Gasteiger partial charge in [0.25, 0.3) is 5.56 Å². The van der Waals surface area contributed by atoms with Crippen LogP contribution in [0.2, 0.25) is 0 Å². The number of fused-ring (bicyclic) bond motifs is 1. The normalized spacial score (nSPS) is 25.7. The van der Waals surface area contributed by atoms with E-state index in [1.54, 1.807) is 0 Å². The molecule has 27 heavy (non-hydrogen) atoms. The largest absolute Gasteiger partial charge is 0.481 e. The zero-order chi connectivity index (χ0) is 20.0. The van der Waals surface area contributed by atoms with Gasteiger partial charge in [-0.15, -0.1) is 0 Å². The van der Waals surface area contributed by atoms with Crippen molar-refractivity contribution in [2.75, 3.05) is 12.3 Å². The molecule has 17 heteroatoms. The second-order valence-electron chi connectivity index (χ2n) is 5.54. The molecule has 3 heterocycles. The smallest absolute Gasteiger partial charge is 0.390 e. The number of anilines is 1. The summed E-state index contributed by atoms with van der Waals surface area (Å²) >= 11 is 0. The van der Waals surface area contributed by atoms with Crippen molar-refractivity contribution in [3.63, 3.8) is 0 Å². The van der Waals surface area contributed by atoms with Crippen molar-refractivity contribution >= 4 is 32.8 Å². The molecule has 1 aliphatic rings. The first kappa shape index (κ1) is 20.1. The summed E-state index contributed by atoms with van der Waals surface area (Å²) in [6.07, 6.45) is -1.91. The van der Waals surface area contributed by atoms with E-state index in [0.717, 1.165) is 0 Å². The summed E-state index contributed by atoms with van der Waals surface area (Å²) in [5, 5.41) is 10.1. The summed E-state index contributed by atoms with van der Waals surface area (Å²) < 4.78 is 37.0. The number of aromatic amines is 1. The molecule has 0 aromatic carbocycles. The molecule has 0 amide bonds. The van der Waals surface area contributed by atoms with Crippen LogP contribution in [0, 0.1) is 0 Å². The molecule has 15 nitrogen and oxygen atoms in total. The molecule has 1 saturated heterocycles. The lowest BCUT2D eigenvalue weighted by Gasteiger charge is -2.18. The Labute approximate surface area is 149 Å². The maximum atomic E-state index is 11.8. The molecule has 7 N–H and O–H groups in total. The molecule has 2 aromatic heterocycles. The molecule has 2 aromatic rings. The van der Waals surface area contributed by atoms with Gasteiger partial charge in [-0.1, -0.05) is 0 Å². The van der Waals surface area contributed by atoms with Crippen LogP contribution < -0.4 is 11.3 Å². The van der Waals surface area contributed by atoms with Crippen LogP contribution in [-0.4, -0.2) is 58.1 Å². The Morgan fingerprint density at radius 2 is 2.11 bits per heavy atom. The number of nitrogen functional groups attached to an aromatic ring is 1. The minimum atomic E-state index is -5.26. The van der Waals surface area contributed by atoms with E-state index in [-0.39, 0.29) is 23.5 Å². The SMILES string of the molecule is Nc1nc2c(ncn2[C@H]2C[C@H](O)[C@H](COP(=O)(O)OP(=O)(O)O)O2)c(=O)[nH]1. The fourth-order valence-electron chi connectivity index (χ4n) is 2.52. The number of H-pyrrole nitrogens is 1. The van der Waals surface area contributed by atoms with Gasteiger partial charge in [0, 0.05) is 6.42 Å². The summed E-state index contributed by atoms with van der Waals surface area (Å²) in [6.45, 7) is -0.700. The Morgan fingerprint density at radius 3 is 2.78 bits per heavy atom. The Balaban J connectivity index is 1.73. The van der Waals surface area contributed by atoms with Gasteiger partial charge in [0.15, 0.2) is 11.2 Å². The van der Waals surface area contributed by atoms with Crippen LogP contribution in [0.15, 0.2) is 11.1 Å². The molecule has 0 radical (unpaired) electrons. The second-order valence-corrected chi connectivity index (χ2v) is 8.37. The van der Waals surface area contributed by atoms with Gasteiger partial charge < -0.3 is 30.3 Å². The Morgan fingerprint density at radius 1 is 1.41 bits per heavy atom. The molecule has 1 unspecified atom stereocenters. The van der Waals surface area contributed by atoms with Gasteiger partial charge in [-0.05, 0) is 0 Å². The fraction of sp³-hybridized carbons (Fsp3) is 0.500. The van der Waals surface area contributed by atoms with Gasteiger partial charge in [0.1, 0.15) is 12.3 Å². The van der Waals surface area contributed by atoms with E-state index in [1.165, 1.54) is 10.9 Å². The number of rotatable bonds is 6. The number of nitrogens with one attached hydrogen (secondary N) is 1. The third-order valence-corrected chi connectivity index (χ3v) is 5.73. The Hall–Kier alpha value is -1.67. The Kier molecular flexibility index (Phi) is 5.24. The highest BCUT2D eigenvalue weighted by Crippen LogP contribution is 2.57. The van der Waals surface area contributed by atoms with Gasteiger partial charge in [-0.2, -0.15) is 9.29 Å². The zero-order valence-corrected chi connectivity index (χ0v) is 15.1. The molecule has 3 rings (SSSR count). The monoisotopic (exact) mass is 427 g/mol. The Bertz CT molecular complexity index is 1000. The van der Waals surface area contributed by atoms with E-state index in [4.69, 9.17) is 20.3 Å². The van der Waals surface area contributed by atoms with E-state index >= 15 is 0 Å². The molecule has 0 bridgehead atoms. The second kappa shape index (κ2) is 7.05. The number of ether oxygens (including phenoxy) is 1. The number of phosphoric ester groups is 1. The van der Waals surface area contributed by atoms with Crippen LogP contribution in [-0.2, 0) is 22.7 Å².